The van der Waals surface area contributed by atoms with Crippen molar-refractivity contribution < 1.29 is 19.8 Å². The van der Waals surface area contributed by atoms with Gasteiger partial charge in [-0.3, -0.25) is 9.59 Å². The Bertz CT molecular complexity index is 685. The standard InChI is InChI=1S/C18H20N2O4S2/c19-15(17(21)22)9-11-1-5-13(6-2-11)25-26-14-7-3-12(4-8-14)10-16(20)18(23)24/h1-8,15-16H,9-10,19-20H2,(H,21,22)(H,23,24). The normalized spacial score (nSPS) is 13.2. The Morgan fingerprint density at radius 3 is 1.31 bits per heavy atom. The molecule has 2 rings (SSSR count). The third-order valence-electron chi connectivity index (χ3n) is 3.63. The largest absolute Gasteiger partial charge is 0.480 e. The zero-order valence-corrected chi connectivity index (χ0v) is 15.5. The molecule has 26 heavy (non-hydrogen) atoms. The van der Waals surface area contributed by atoms with Gasteiger partial charge in [0.15, 0.2) is 0 Å². The molecular formula is C18H20N2O4S2. The molecule has 0 heterocycles. The fraction of sp³-hybridized carbons (Fsp3) is 0.222. The summed E-state index contributed by atoms with van der Waals surface area (Å²) in [6.07, 6.45) is 0.598. The van der Waals surface area contributed by atoms with Crippen LogP contribution in [-0.2, 0) is 22.4 Å². The lowest BCUT2D eigenvalue weighted by atomic mass is 10.1. The molecule has 6 N–H and O–H groups in total. The highest BCUT2D eigenvalue weighted by Crippen LogP contribution is 2.37. The Balaban J connectivity index is 1.86. The van der Waals surface area contributed by atoms with E-state index < -0.39 is 24.0 Å². The van der Waals surface area contributed by atoms with E-state index in [9.17, 15) is 9.59 Å². The van der Waals surface area contributed by atoms with E-state index in [-0.39, 0.29) is 0 Å². The predicted octanol–water partition coefficient (Wildman–Crippen LogP) is 2.39. The summed E-state index contributed by atoms with van der Waals surface area (Å²) in [5, 5.41) is 17.7. The molecule has 0 saturated heterocycles. The fourth-order valence-electron chi connectivity index (χ4n) is 2.14. The SMILES string of the molecule is NC(Cc1ccc(SSc2ccc(CC(N)C(=O)O)cc2)cc1)C(=O)O. The molecule has 2 aromatic rings. The van der Waals surface area contributed by atoms with Gasteiger partial charge in [0, 0.05) is 9.79 Å². The van der Waals surface area contributed by atoms with E-state index in [2.05, 4.69) is 0 Å². The number of aliphatic carboxylic acids is 2. The zero-order chi connectivity index (χ0) is 19.1. The third-order valence-corrected chi connectivity index (χ3v) is 6.04. The van der Waals surface area contributed by atoms with Crippen molar-refractivity contribution in [2.75, 3.05) is 0 Å². The van der Waals surface area contributed by atoms with Crippen LogP contribution in [0.3, 0.4) is 0 Å². The van der Waals surface area contributed by atoms with E-state index in [1.54, 1.807) is 21.6 Å². The van der Waals surface area contributed by atoms with Gasteiger partial charge in [-0.05, 0) is 48.2 Å². The Morgan fingerprint density at radius 1 is 0.731 bits per heavy atom. The lowest BCUT2D eigenvalue weighted by molar-refractivity contribution is -0.139. The van der Waals surface area contributed by atoms with Crippen LogP contribution in [0.4, 0.5) is 0 Å². The Labute approximate surface area is 159 Å². The van der Waals surface area contributed by atoms with Crippen LogP contribution >= 0.6 is 21.6 Å². The molecule has 0 saturated carbocycles. The highest BCUT2D eigenvalue weighted by Gasteiger charge is 2.13. The molecule has 2 atom stereocenters. The van der Waals surface area contributed by atoms with Crippen molar-refractivity contribution in [2.45, 2.75) is 34.7 Å². The van der Waals surface area contributed by atoms with Gasteiger partial charge >= 0.3 is 11.9 Å². The molecule has 0 aromatic heterocycles. The molecule has 0 radical (unpaired) electrons. The van der Waals surface area contributed by atoms with Crippen molar-refractivity contribution in [1.82, 2.24) is 0 Å². The van der Waals surface area contributed by atoms with Gasteiger partial charge in [-0.25, -0.2) is 0 Å². The number of nitrogens with two attached hydrogens (primary N) is 2. The molecule has 0 amide bonds. The third kappa shape index (κ3) is 6.38. The summed E-state index contributed by atoms with van der Waals surface area (Å²) in [5.41, 5.74) is 12.8. The van der Waals surface area contributed by atoms with E-state index >= 15 is 0 Å². The molecule has 0 aliphatic carbocycles. The topological polar surface area (TPSA) is 127 Å². The van der Waals surface area contributed by atoms with Gasteiger partial charge < -0.3 is 21.7 Å². The number of carbonyl (C=O) groups is 2. The summed E-state index contributed by atoms with van der Waals surface area (Å²) in [6, 6.07) is 13.5. The first kappa shape index (κ1) is 20.3. The highest BCUT2D eigenvalue weighted by molar-refractivity contribution is 8.76. The van der Waals surface area contributed by atoms with Crippen LogP contribution in [0.15, 0.2) is 58.3 Å². The summed E-state index contributed by atoms with van der Waals surface area (Å²) in [4.78, 5) is 23.6. The zero-order valence-electron chi connectivity index (χ0n) is 13.9. The van der Waals surface area contributed by atoms with Gasteiger partial charge in [-0.2, -0.15) is 0 Å². The second-order valence-corrected chi connectivity index (χ2v) is 8.03. The second-order valence-electron chi connectivity index (χ2n) is 5.75. The van der Waals surface area contributed by atoms with Crippen molar-refractivity contribution in [2.24, 2.45) is 11.5 Å². The first-order chi connectivity index (χ1) is 12.3. The number of carboxylic acid groups (broad SMARTS) is 2. The van der Waals surface area contributed by atoms with E-state index in [0.29, 0.717) is 12.8 Å². The van der Waals surface area contributed by atoms with Gasteiger partial charge in [-0.1, -0.05) is 45.9 Å². The minimum atomic E-state index is -1.01. The van der Waals surface area contributed by atoms with Gasteiger partial charge in [-0.15, -0.1) is 0 Å². The van der Waals surface area contributed by atoms with Gasteiger partial charge in [0.05, 0.1) is 0 Å². The molecule has 0 aliphatic rings. The monoisotopic (exact) mass is 392 g/mol. The quantitative estimate of drug-likeness (QED) is 0.479. The molecule has 6 nitrogen and oxygen atoms in total. The van der Waals surface area contributed by atoms with E-state index in [1.807, 2.05) is 48.5 Å². The number of hydrogen-bond acceptors (Lipinski definition) is 6. The van der Waals surface area contributed by atoms with E-state index in [0.717, 1.165) is 20.9 Å². The van der Waals surface area contributed by atoms with Crippen LogP contribution in [0.25, 0.3) is 0 Å². The van der Waals surface area contributed by atoms with Crippen molar-refractivity contribution in [3.8, 4) is 0 Å². The summed E-state index contributed by atoms with van der Waals surface area (Å²) in [5.74, 6) is -2.02. The molecule has 138 valence electrons. The highest BCUT2D eigenvalue weighted by atomic mass is 33.1. The minimum Gasteiger partial charge on any atom is -0.480 e. The lowest BCUT2D eigenvalue weighted by Gasteiger charge is -2.08. The molecule has 0 spiro atoms. The maximum atomic E-state index is 10.8. The van der Waals surface area contributed by atoms with Gasteiger partial charge in [0.1, 0.15) is 12.1 Å². The number of rotatable bonds is 9. The summed E-state index contributed by atoms with van der Waals surface area (Å²) >= 11 is 0. The lowest BCUT2D eigenvalue weighted by Crippen LogP contribution is -2.32. The van der Waals surface area contributed by atoms with Crippen LogP contribution in [-0.4, -0.2) is 34.2 Å². The molecule has 8 heteroatoms. The molecule has 2 unspecified atom stereocenters. The molecule has 0 aliphatic heterocycles. The summed E-state index contributed by atoms with van der Waals surface area (Å²) < 4.78 is 0. The maximum absolute atomic E-state index is 10.8. The molecule has 2 aromatic carbocycles. The average molecular weight is 393 g/mol. The number of hydrogen-bond donors (Lipinski definition) is 4. The first-order valence-corrected chi connectivity index (χ1v) is 9.99. The van der Waals surface area contributed by atoms with Crippen molar-refractivity contribution >= 4 is 33.5 Å². The maximum Gasteiger partial charge on any atom is 0.320 e. The summed E-state index contributed by atoms with van der Waals surface area (Å²) in [7, 11) is 3.16. The van der Waals surface area contributed by atoms with Crippen molar-refractivity contribution in [1.29, 1.82) is 0 Å². The van der Waals surface area contributed by atoms with Crippen LogP contribution in [0, 0.1) is 0 Å². The second kappa shape index (κ2) is 9.63. The minimum absolute atomic E-state index is 0.299. The predicted molar refractivity (Wildman–Crippen MR) is 103 cm³/mol. The van der Waals surface area contributed by atoms with Crippen LogP contribution in [0.2, 0.25) is 0 Å². The number of benzene rings is 2. The first-order valence-electron chi connectivity index (χ1n) is 7.84. The van der Waals surface area contributed by atoms with Crippen LogP contribution in [0.1, 0.15) is 11.1 Å². The van der Waals surface area contributed by atoms with Crippen molar-refractivity contribution in [3.05, 3.63) is 59.7 Å². The molecule has 0 bridgehead atoms. The molecular weight excluding hydrogens is 372 g/mol. The fourth-order valence-corrected chi connectivity index (χ4v) is 4.07. The number of carboxylic acids is 2. The van der Waals surface area contributed by atoms with Crippen LogP contribution < -0.4 is 11.5 Å². The average Bonchev–Trinajstić information content (AvgIpc) is 2.62. The Morgan fingerprint density at radius 2 is 1.04 bits per heavy atom. The van der Waals surface area contributed by atoms with Crippen molar-refractivity contribution in [3.63, 3.8) is 0 Å². The van der Waals surface area contributed by atoms with E-state index in [1.165, 1.54) is 0 Å². The smallest absolute Gasteiger partial charge is 0.320 e. The van der Waals surface area contributed by atoms with Gasteiger partial charge in [0.2, 0.25) is 0 Å². The Kier molecular flexibility index (Phi) is 7.52. The molecule has 0 fully saturated rings. The Hall–Kier alpha value is -2.00. The van der Waals surface area contributed by atoms with Gasteiger partial charge in [0.25, 0.3) is 0 Å². The van der Waals surface area contributed by atoms with Crippen LogP contribution in [0.5, 0.6) is 0 Å². The van der Waals surface area contributed by atoms with E-state index in [4.69, 9.17) is 21.7 Å². The summed E-state index contributed by atoms with van der Waals surface area (Å²) in [6.45, 7) is 0.